The zero-order chi connectivity index (χ0) is 7.61. The lowest BCUT2D eigenvalue weighted by Crippen LogP contribution is -1.93. The molecule has 0 unspecified atom stereocenters. The fourth-order valence-electron chi connectivity index (χ4n) is 0.423. The molecule has 0 aliphatic heterocycles. The third-order valence-electron chi connectivity index (χ3n) is 0.805. The summed E-state index contributed by atoms with van der Waals surface area (Å²) in [6.07, 6.45) is 2.43. The number of rotatable bonds is 1. The van der Waals surface area contributed by atoms with Gasteiger partial charge in [-0.3, -0.25) is 0 Å². The number of nitrogens with zero attached hydrogens (tertiary/aromatic N) is 2. The van der Waals surface area contributed by atoms with Gasteiger partial charge in [-0.1, -0.05) is 0 Å². The maximum atomic E-state index is 10.5. The second-order valence-corrected chi connectivity index (χ2v) is 4.00. The second kappa shape index (κ2) is 2.51. The predicted octanol–water partition coefficient (Wildman–Crippen LogP) is 0.404. The summed E-state index contributed by atoms with van der Waals surface area (Å²) < 4.78 is 21.0. The van der Waals surface area contributed by atoms with E-state index in [9.17, 15) is 8.42 Å². The van der Waals surface area contributed by atoms with Crippen LogP contribution >= 0.6 is 10.7 Å². The topological polar surface area (TPSA) is 59.9 Å². The Morgan fingerprint density at radius 2 is 2.20 bits per heavy atom. The highest BCUT2D eigenvalue weighted by Crippen LogP contribution is 2.08. The molecule has 0 bridgehead atoms. The van der Waals surface area contributed by atoms with Gasteiger partial charge in [-0.05, 0) is 6.07 Å². The van der Waals surface area contributed by atoms with E-state index in [1.807, 2.05) is 0 Å². The summed E-state index contributed by atoms with van der Waals surface area (Å²) in [7, 11) is 1.26. The summed E-state index contributed by atoms with van der Waals surface area (Å²) in [5, 5.41) is -0.177. The van der Waals surface area contributed by atoms with Crippen molar-refractivity contribution in [2.45, 2.75) is 5.03 Å². The highest BCUT2D eigenvalue weighted by Gasteiger charge is 2.09. The summed E-state index contributed by atoms with van der Waals surface area (Å²) in [5.41, 5.74) is 0. The first-order chi connectivity index (χ1) is 4.61. The Kier molecular flexibility index (Phi) is 1.87. The van der Waals surface area contributed by atoms with Gasteiger partial charge in [0.2, 0.25) is 0 Å². The molecule has 0 atom stereocenters. The number of hydrogen-bond donors (Lipinski definition) is 0. The SMILES string of the molecule is O=S(=O)(Cl)c1ccncn1. The van der Waals surface area contributed by atoms with Crippen LogP contribution in [0.15, 0.2) is 23.6 Å². The van der Waals surface area contributed by atoms with E-state index >= 15 is 0 Å². The Balaban J connectivity index is 3.22. The van der Waals surface area contributed by atoms with Crippen LogP contribution in [0.1, 0.15) is 0 Å². The molecule has 0 fully saturated rings. The minimum absolute atomic E-state index is 0.177. The molecule has 54 valence electrons. The Hall–Kier alpha value is -0.680. The van der Waals surface area contributed by atoms with E-state index in [1.165, 1.54) is 12.3 Å². The average molecular weight is 179 g/mol. The fourth-order valence-corrected chi connectivity index (χ4v) is 1.09. The van der Waals surface area contributed by atoms with Crippen LogP contribution < -0.4 is 0 Å². The smallest absolute Gasteiger partial charge is 0.245 e. The minimum atomic E-state index is -3.68. The standard InChI is InChI=1S/C4H3ClN2O2S/c5-10(8,9)4-1-2-6-3-7-4/h1-3H. The van der Waals surface area contributed by atoms with Crippen LogP contribution in [-0.2, 0) is 9.05 Å². The first-order valence-corrected chi connectivity index (χ1v) is 4.62. The molecule has 0 amide bonds. The Labute approximate surface area is 62.3 Å². The molecule has 10 heavy (non-hydrogen) atoms. The van der Waals surface area contributed by atoms with Gasteiger partial charge in [0.15, 0.2) is 5.03 Å². The van der Waals surface area contributed by atoms with Crippen molar-refractivity contribution in [1.29, 1.82) is 0 Å². The van der Waals surface area contributed by atoms with Crippen molar-refractivity contribution < 1.29 is 8.42 Å². The first-order valence-electron chi connectivity index (χ1n) is 2.31. The Morgan fingerprint density at radius 3 is 2.50 bits per heavy atom. The van der Waals surface area contributed by atoms with Crippen LogP contribution in [0, 0.1) is 0 Å². The molecule has 1 aromatic rings. The van der Waals surface area contributed by atoms with E-state index in [0.29, 0.717) is 0 Å². The van der Waals surface area contributed by atoms with Crippen LogP contribution in [0.25, 0.3) is 0 Å². The van der Waals surface area contributed by atoms with Gasteiger partial charge < -0.3 is 0 Å². The van der Waals surface area contributed by atoms with Crippen molar-refractivity contribution in [3.8, 4) is 0 Å². The average Bonchev–Trinajstić information content (AvgIpc) is 1.88. The molecular weight excluding hydrogens is 176 g/mol. The van der Waals surface area contributed by atoms with Crippen molar-refractivity contribution in [3.05, 3.63) is 18.6 Å². The van der Waals surface area contributed by atoms with Gasteiger partial charge in [-0.15, -0.1) is 0 Å². The molecule has 0 aliphatic carbocycles. The van der Waals surface area contributed by atoms with Gasteiger partial charge in [0, 0.05) is 16.9 Å². The molecular formula is C4H3ClN2O2S. The molecule has 0 N–H and O–H groups in total. The lowest BCUT2D eigenvalue weighted by molar-refractivity contribution is 0.605. The van der Waals surface area contributed by atoms with Crippen LogP contribution in [0.5, 0.6) is 0 Å². The highest BCUT2D eigenvalue weighted by atomic mass is 35.7. The second-order valence-electron chi connectivity index (χ2n) is 1.49. The lowest BCUT2D eigenvalue weighted by Gasteiger charge is -1.89. The molecule has 0 aromatic carbocycles. The van der Waals surface area contributed by atoms with E-state index in [2.05, 4.69) is 9.97 Å². The fraction of sp³-hybridized carbons (Fsp3) is 0. The van der Waals surface area contributed by atoms with Crippen LogP contribution in [-0.4, -0.2) is 18.4 Å². The van der Waals surface area contributed by atoms with Gasteiger partial charge in [0.25, 0.3) is 9.05 Å². The van der Waals surface area contributed by atoms with Crippen molar-refractivity contribution in [2.24, 2.45) is 0 Å². The van der Waals surface area contributed by atoms with E-state index < -0.39 is 9.05 Å². The van der Waals surface area contributed by atoms with E-state index in [4.69, 9.17) is 10.7 Å². The summed E-state index contributed by atoms with van der Waals surface area (Å²) in [5.74, 6) is 0. The summed E-state index contributed by atoms with van der Waals surface area (Å²) in [4.78, 5) is 6.94. The molecule has 0 saturated carbocycles. The Morgan fingerprint density at radius 1 is 1.50 bits per heavy atom. The van der Waals surface area contributed by atoms with Gasteiger partial charge in [-0.2, -0.15) is 0 Å². The van der Waals surface area contributed by atoms with Crippen molar-refractivity contribution >= 4 is 19.7 Å². The quantitative estimate of drug-likeness (QED) is 0.462. The van der Waals surface area contributed by atoms with Gasteiger partial charge >= 0.3 is 0 Å². The van der Waals surface area contributed by atoms with E-state index in [-0.39, 0.29) is 5.03 Å². The van der Waals surface area contributed by atoms with Gasteiger partial charge in [0.1, 0.15) is 6.33 Å². The molecule has 1 rings (SSSR count). The van der Waals surface area contributed by atoms with Gasteiger partial charge in [-0.25, -0.2) is 18.4 Å². The van der Waals surface area contributed by atoms with Crippen molar-refractivity contribution in [2.75, 3.05) is 0 Å². The predicted molar refractivity (Wildman–Crippen MR) is 35.1 cm³/mol. The van der Waals surface area contributed by atoms with Crippen molar-refractivity contribution in [1.82, 2.24) is 9.97 Å². The molecule has 1 heterocycles. The van der Waals surface area contributed by atoms with Gasteiger partial charge in [0.05, 0.1) is 0 Å². The Bertz CT molecular complexity index is 309. The lowest BCUT2D eigenvalue weighted by atomic mass is 10.7. The molecule has 0 saturated heterocycles. The number of aromatic nitrogens is 2. The molecule has 1 aromatic heterocycles. The maximum absolute atomic E-state index is 10.5. The molecule has 0 aliphatic rings. The molecule has 6 heteroatoms. The monoisotopic (exact) mass is 178 g/mol. The molecule has 0 spiro atoms. The molecule has 0 radical (unpaired) electrons. The number of hydrogen-bond acceptors (Lipinski definition) is 4. The summed E-state index contributed by atoms with van der Waals surface area (Å²) in [6.45, 7) is 0. The number of halogens is 1. The zero-order valence-corrected chi connectivity index (χ0v) is 6.30. The van der Waals surface area contributed by atoms with Crippen LogP contribution in [0.3, 0.4) is 0 Å². The largest absolute Gasteiger partial charge is 0.278 e. The highest BCUT2D eigenvalue weighted by molar-refractivity contribution is 8.13. The van der Waals surface area contributed by atoms with Crippen molar-refractivity contribution in [3.63, 3.8) is 0 Å². The molecule has 4 nitrogen and oxygen atoms in total. The van der Waals surface area contributed by atoms with Crippen LogP contribution in [0.2, 0.25) is 0 Å². The third kappa shape index (κ3) is 1.65. The summed E-state index contributed by atoms with van der Waals surface area (Å²) >= 11 is 0. The summed E-state index contributed by atoms with van der Waals surface area (Å²) in [6, 6.07) is 1.22. The minimum Gasteiger partial charge on any atom is -0.245 e. The van der Waals surface area contributed by atoms with E-state index in [1.54, 1.807) is 0 Å². The maximum Gasteiger partial charge on any atom is 0.278 e. The van der Waals surface area contributed by atoms with E-state index in [0.717, 1.165) is 6.33 Å². The third-order valence-corrected chi connectivity index (χ3v) is 2.02. The van der Waals surface area contributed by atoms with Crippen LogP contribution in [0.4, 0.5) is 0 Å². The first kappa shape index (κ1) is 7.43. The normalized spacial score (nSPS) is 11.3. The zero-order valence-electron chi connectivity index (χ0n) is 4.73.